The lowest BCUT2D eigenvalue weighted by Gasteiger charge is -2.36. The van der Waals surface area contributed by atoms with Crippen molar-refractivity contribution in [3.05, 3.63) is 23.2 Å². The summed E-state index contributed by atoms with van der Waals surface area (Å²) in [5.74, 6) is -1.17. The van der Waals surface area contributed by atoms with E-state index in [9.17, 15) is 27.9 Å². The standard InChI is InChI=1S/C16H15ClF3NO4/c1-5-12(22)21(13(14(23)24)15(2,3)4)9-6-7-11(10(17)8-9)25-16(18,19)20/h1,6-8,13H,2-4H3,(H,23,24). The van der Waals surface area contributed by atoms with Gasteiger partial charge in [0.2, 0.25) is 0 Å². The molecule has 0 saturated carbocycles. The number of nitrogens with zero attached hydrogens (tertiary/aromatic N) is 1. The molecule has 5 nitrogen and oxygen atoms in total. The Labute approximate surface area is 147 Å². The molecule has 1 aromatic carbocycles. The van der Waals surface area contributed by atoms with Crippen molar-refractivity contribution in [2.24, 2.45) is 5.41 Å². The van der Waals surface area contributed by atoms with E-state index in [1.54, 1.807) is 20.8 Å². The molecule has 0 aromatic heterocycles. The molecule has 1 unspecified atom stereocenters. The van der Waals surface area contributed by atoms with Crippen LogP contribution in [0.2, 0.25) is 5.02 Å². The Balaban J connectivity index is 3.44. The van der Waals surface area contributed by atoms with Gasteiger partial charge in [0.25, 0.3) is 0 Å². The molecule has 1 atom stereocenters. The summed E-state index contributed by atoms with van der Waals surface area (Å²) in [5.41, 5.74) is -0.990. The largest absolute Gasteiger partial charge is 0.573 e. The molecule has 0 spiro atoms. The fourth-order valence-electron chi connectivity index (χ4n) is 2.17. The lowest BCUT2D eigenvalue weighted by molar-refractivity contribution is -0.274. The van der Waals surface area contributed by atoms with E-state index in [1.165, 1.54) is 0 Å². The minimum Gasteiger partial charge on any atom is -0.480 e. The number of ether oxygens (including phenoxy) is 1. The van der Waals surface area contributed by atoms with Crippen molar-refractivity contribution in [2.45, 2.75) is 33.2 Å². The van der Waals surface area contributed by atoms with Crippen LogP contribution in [0.1, 0.15) is 20.8 Å². The predicted octanol–water partition coefficient (Wildman–Crippen LogP) is 3.70. The summed E-state index contributed by atoms with van der Waals surface area (Å²) in [7, 11) is 0. The number of rotatable bonds is 4. The van der Waals surface area contributed by atoms with Gasteiger partial charge in [-0.2, -0.15) is 0 Å². The number of alkyl halides is 3. The highest BCUT2D eigenvalue weighted by Gasteiger charge is 2.40. The lowest BCUT2D eigenvalue weighted by Crippen LogP contribution is -2.52. The predicted molar refractivity (Wildman–Crippen MR) is 85.3 cm³/mol. The van der Waals surface area contributed by atoms with Crippen molar-refractivity contribution in [3.8, 4) is 18.1 Å². The molecule has 0 aliphatic heterocycles. The number of carbonyl (C=O) groups excluding carboxylic acids is 1. The fraction of sp³-hybridized carbons (Fsp3) is 0.375. The van der Waals surface area contributed by atoms with E-state index in [2.05, 4.69) is 4.74 Å². The van der Waals surface area contributed by atoms with Gasteiger partial charge < -0.3 is 9.84 Å². The Kier molecular flexibility index (Phi) is 5.97. The summed E-state index contributed by atoms with van der Waals surface area (Å²) < 4.78 is 40.6. The number of hydrogen-bond donors (Lipinski definition) is 1. The lowest BCUT2D eigenvalue weighted by atomic mass is 9.85. The summed E-state index contributed by atoms with van der Waals surface area (Å²) in [4.78, 5) is 24.6. The van der Waals surface area contributed by atoms with Crippen LogP contribution in [0.25, 0.3) is 0 Å². The first-order chi connectivity index (χ1) is 11.3. The number of carbonyl (C=O) groups is 2. The first-order valence-electron chi connectivity index (χ1n) is 6.86. The zero-order chi connectivity index (χ0) is 19.6. The third-order valence-electron chi connectivity index (χ3n) is 3.07. The van der Waals surface area contributed by atoms with Crippen molar-refractivity contribution in [3.63, 3.8) is 0 Å². The quantitative estimate of drug-likeness (QED) is 0.812. The van der Waals surface area contributed by atoms with Crippen LogP contribution in [0, 0.1) is 17.8 Å². The van der Waals surface area contributed by atoms with Gasteiger partial charge in [0.15, 0.2) is 0 Å². The third kappa shape index (κ3) is 5.29. The molecule has 0 radical (unpaired) electrons. The van der Waals surface area contributed by atoms with Gasteiger partial charge in [-0.05, 0) is 29.5 Å². The van der Waals surface area contributed by atoms with Gasteiger partial charge in [-0.25, -0.2) is 4.79 Å². The average molecular weight is 378 g/mol. The maximum atomic E-state index is 12.3. The molecule has 1 N–H and O–H groups in total. The Morgan fingerprint density at radius 1 is 1.32 bits per heavy atom. The summed E-state index contributed by atoms with van der Waals surface area (Å²) in [6.07, 6.45) is 0.152. The number of carboxylic acid groups (broad SMARTS) is 1. The van der Waals surface area contributed by atoms with Crippen LogP contribution in [-0.2, 0) is 9.59 Å². The Bertz CT molecular complexity index is 720. The highest BCUT2D eigenvalue weighted by atomic mass is 35.5. The van der Waals surface area contributed by atoms with E-state index in [1.807, 2.05) is 5.92 Å². The van der Waals surface area contributed by atoms with Crippen LogP contribution in [0.15, 0.2) is 18.2 Å². The second kappa shape index (κ2) is 7.23. The SMILES string of the molecule is C#CC(=O)N(c1ccc(OC(F)(F)F)c(Cl)c1)C(C(=O)O)C(C)(C)C. The van der Waals surface area contributed by atoms with Gasteiger partial charge in [0, 0.05) is 5.69 Å². The molecule has 1 amide bonds. The van der Waals surface area contributed by atoms with E-state index in [0.717, 1.165) is 23.1 Å². The molecule has 0 heterocycles. The van der Waals surface area contributed by atoms with Crippen LogP contribution in [0.3, 0.4) is 0 Å². The van der Waals surface area contributed by atoms with E-state index in [-0.39, 0.29) is 5.69 Å². The minimum absolute atomic E-state index is 0.0650. The summed E-state index contributed by atoms with van der Waals surface area (Å²) in [5, 5.41) is 9.04. The van der Waals surface area contributed by atoms with Crippen LogP contribution >= 0.6 is 11.6 Å². The molecule has 0 saturated heterocycles. The minimum atomic E-state index is -4.95. The number of benzene rings is 1. The van der Waals surface area contributed by atoms with Crippen molar-refractivity contribution in [2.75, 3.05) is 4.90 Å². The molecule has 9 heteroatoms. The van der Waals surface area contributed by atoms with Crippen molar-refractivity contribution in [1.29, 1.82) is 0 Å². The molecule has 0 aliphatic carbocycles. The molecule has 1 rings (SSSR count). The second-order valence-corrected chi connectivity index (χ2v) is 6.50. The zero-order valence-electron chi connectivity index (χ0n) is 13.5. The van der Waals surface area contributed by atoms with E-state index in [0.29, 0.717) is 0 Å². The highest BCUT2D eigenvalue weighted by molar-refractivity contribution is 6.32. The maximum absolute atomic E-state index is 12.3. The van der Waals surface area contributed by atoms with Gasteiger partial charge in [0.05, 0.1) is 5.02 Å². The first kappa shape index (κ1) is 20.6. The maximum Gasteiger partial charge on any atom is 0.573 e. The summed E-state index contributed by atoms with van der Waals surface area (Å²) in [6.45, 7) is 4.72. The van der Waals surface area contributed by atoms with E-state index < -0.39 is 40.5 Å². The molecule has 0 aliphatic rings. The molecular weight excluding hydrogens is 363 g/mol. The van der Waals surface area contributed by atoms with Crippen molar-refractivity contribution >= 4 is 29.2 Å². The fourth-order valence-corrected chi connectivity index (χ4v) is 2.38. The monoisotopic (exact) mass is 377 g/mol. The van der Waals surface area contributed by atoms with Gasteiger partial charge in [0.1, 0.15) is 11.8 Å². The average Bonchev–Trinajstić information content (AvgIpc) is 2.43. The number of carboxylic acids is 1. The number of halogens is 4. The van der Waals surface area contributed by atoms with Gasteiger partial charge in [-0.15, -0.1) is 19.6 Å². The Morgan fingerprint density at radius 3 is 2.24 bits per heavy atom. The summed E-state index contributed by atoms with van der Waals surface area (Å²) in [6, 6.07) is 1.56. The van der Waals surface area contributed by atoms with Gasteiger partial charge in [-0.1, -0.05) is 32.4 Å². The Hall–Kier alpha value is -2.40. The summed E-state index contributed by atoms with van der Waals surface area (Å²) >= 11 is 5.76. The van der Waals surface area contributed by atoms with Crippen molar-refractivity contribution in [1.82, 2.24) is 0 Å². The highest BCUT2D eigenvalue weighted by Crippen LogP contribution is 2.36. The van der Waals surface area contributed by atoms with Crippen LogP contribution in [0.4, 0.5) is 18.9 Å². The number of terminal acetylenes is 1. The molecule has 25 heavy (non-hydrogen) atoms. The van der Waals surface area contributed by atoms with Crippen LogP contribution in [-0.4, -0.2) is 29.4 Å². The third-order valence-corrected chi connectivity index (χ3v) is 3.37. The van der Waals surface area contributed by atoms with Crippen LogP contribution in [0.5, 0.6) is 5.75 Å². The zero-order valence-corrected chi connectivity index (χ0v) is 14.3. The molecule has 0 fully saturated rings. The number of aliphatic carboxylic acids is 1. The molecule has 0 bridgehead atoms. The normalized spacial score (nSPS) is 12.9. The van der Waals surface area contributed by atoms with E-state index >= 15 is 0 Å². The number of anilines is 1. The van der Waals surface area contributed by atoms with Crippen molar-refractivity contribution < 1.29 is 32.6 Å². The molecular formula is C16H15ClF3NO4. The number of hydrogen-bond acceptors (Lipinski definition) is 3. The number of amides is 1. The molecule has 136 valence electrons. The van der Waals surface area contributed by atoms with E-state index in [4.69, 9.17) is 18.0 Å². The first-order valence-corrected chi connectivity index (χ1v) is 7.23. The Morgan fingerprint density at radius 2 is 1.88 bits per heavy atom. The van der Waals surface area contributed by atoms with Gasteiger partial charge >= 0.3 is 18.2 Å². The van der Waals surface area contributed by atoms with Gasteiger partial charge in [-0.3, -0.25) is 9.69 Å². The van der Waals surface area contributed by atoms with Crippen LogP contribution < -0.4 is 9.64 Å². The second-order valence-electron chi connectivity index (χ2n) is 6.09. The smallest absolute Gasteiger partial charge is 0.480 e. The molecule has 1 aromatic rings. The topological polar surface area (TPSA) is 66.8 Å².